The van der Waals surface area contributed by atoms with Crippen LogP contribution in [0.5, 0.6) is 0 Å². The van der Waals surface area contributed by atoms with Crippen molar-refractivity contribution in [3.63, 3.8) is 0 Å². The molecular weight excluding hydrogens is 225 g/mol. The van der Waals surface area contributed by atoms with Gasteiger partial charge in [-0.05, 0) is 40.4 Å². The second kappa shape index (κ2) is 3.48. The Morgan fingerprint density at radius 1 is 0.941 bits per heavy atom. The van der Waals surface area contributed by atoms with Crippen molar-refractivity contribution in [2.75, 3.05) is 0 Å². The highest BCUT2D eigenvalue weighted by Crippen LogP contribution is 2.28. The number of hydrogen-bond acceptors (Lipinski definition) is 0. The Labute approximate surface area is 95.3 Å². The highest BCUT2D eigenvalue weighted by atomic mass is 19.2. The summed E-state index contributed by atoms with van der Waals surface area (Å²) >= 11 is 0. The zero-order valence-corrected chi connectivity index (χ0v) is 8.52. The van der Waals surface area contributed by atoms with Gasteiger partial charge in [0.2, 0.25) is 0 Å². The maximum Gasteiger partial charge on any atom is 0.167 e. The average Bonchev–Trinajstić information content (AvgIpc) is 2.32. The van der Waals surface area contributed by atoms with Crippen LogP contribution in [0.25, 0.3) is 21.5 Å². The molecule has 3 rings (SSSR count). The molecular formula is C14H5F3. The van der Waals surface area contributed by atoms with Crippen molar-refractivity contribution in [2.45, 2.75) is 0 Å². The van der Waals surface area contributed by atoms with Gasteiger partial charge in [0.1, 0.15) is 5.82 Å². The molecule has 0 saturated heterocycles. The molecule has 0 unspecified atom stereocenters. The largest absolute Gasteiger partial charge is 0.206 e. The van der Waals surface area contributed by atoms with Crippen molar-refractivity contribution in [3.8, 4) is 0 Å². The van der Waals surface area contributed by atoms with Gasteiger partial charge >= 0.3 is 0 Å². The van der Waals surface area contributed by atoms with Gasteiger partial charge in [-0.2, -0.15) is 0 Å². The van der Waals surface area contributed by atoms with E-state index in [-0.39, 0.29) is 5.39 Å². The normalized spacial score (nSPS) is 11.2. The zero-order chi connectivity index (χ0) is 12.0. The van der Waals surface area contributed by atoms with Crippen molar-refractivity contribution in [1.29, 1.82) is 0 Å². The van der Waals surface area contributed by atoms with E-state index < -0.39 is 17.5 Å². The van der Waals surface area contributed by atoms with Crippen molar-refractivity contribution in [3.05, 3.63) is 59.9 Å². The minimum atomic E-state index is -1.17. The lowest BCUT2D eigenvalue weighted by molar-refractivity contribution is 0.509. The Balaban J connectivity index is 2.60. The lowest BCUT2D eigenvalue weighted by Crippen LogP contribution is -1.89. The van der Waals surface area contributed by atoms with Crippen LogP contribution in [0.2, 0.25) is 0 Å². The average molecular weight is 230 g/mol. The molecule has 0 amide bonds. The van der Waals surface area contributed by atoms with Crippen LogP contribution in [0.4, 0.5) is 13.2 Å². The van der Waals surface area contributed by atoms with E-state index in [1.807, 2.05) is 0 Å². The molecule has 0 atom stereocenters. The van der Waals surface area contributed by atoms with E-state index in [0.29, 0.717) is 16.2 Å². The number of halogens is 3. The molecule has 0 N–H and O–H groups in total. The first kappa shape index (κ1) is 10.1. The third kappa shape index (κ3) is 1.46. The molecule has 3 aromatic carbocycles. The van der Waals surface area contributed by atoms with Gasteiger partial charge < -0.3 is 0 Å². The van der Waals surface area contributed by atoms with Crippen LogP contribution >= 0.6 is 0 Å². The number of benzene rings is 3. The van der Waals surface area contributed by atoms with E-state index >= 15 is 0 Å². The van der Waals surface area contributed by atoms with Gasteiger partial charge in [-0.1, -0.05) is 12.1 Å². The van der Waals surface area contributed by atoms with E-state index in [9.17, 15) is 13.2 Å². The predicted octanol–water partition coefficient (Wildman–Crippen LogP) is 4.01. The summed E-state index contributed by atoms with van der Waals surface area (Å²) in [6.07, 6.45) is 0. The Morgan fingerprint density at radius 2 is 1.76 bits per heavy atom. The molecule has 0 aliphatic carbocycles. The molecule has 0 nitrogen and oxygen atoms in total. The van der Waals surface area contributed by atoms with Gasteiger partial charge in [-0.25, -0.2) is 13.2 Å². The first-order valence-electron chi connectivity index (χ1n) is 4.96. The van der Waals surface area contributed by atoms with Crippen LogP contribution in [0.15, 0.2) is 30.3 Å². The molecule has 17 heavy (non-hydrogen) atoms. The van der Waals surface area contributed by atoms with Crippen molar-refractivity contribution in [1.82, 2.24) is 0 Å². The Kier molecular flexibility index (Phi) is 2.08. The molecule has 3 aromatic rings. The molecule has 0 aromatic heterocycles. The highest BCUT2D eigenvalue weighted by Gasteiger charge is 2.11. The first-order valence-corrected chi connectivity index (χ1v) is 4.96. The second-order valence-corrected chi connectivity index (χ2v) is 3.73. The van der Waals surface area contributed by atoms with E-state index in [1.165, 1.54) is 6.07 Å². The summed E-state index contributed by atoms with van der Waals surface area (Å²) in [4.78, 5) is 0. The van der Waals surface area contributed by atoms with E-state index in [0.717, 1.165) is 6.07 Å². The van der Waals surface area contributed by atoms with Crippen LogP contribution < -0.4 is 0 Å². The smallest absolute Gasteiger partial charge is 0.167 e. The number of fused-ring (bicyclic) bond motifs is 3. The standard InChI is InChI=1S/C14H5F3/c15-12-5-8-3-1-2-4-9(8)10-6-13(16)14(17)7-11(10)12/h2-6H. The molecule has 3 heteroatoms. The number of rotatable bonds is 0. The zero-order valence-electron chi connectivity index (χ0n) is 8.52. The van der Waals surface area contributed by atoms with Crippen LogP contribution in [-0.2, 0) is 0 Å². The SMILES string of the molecule is Fc1[c]c2c(F)cc3c[c]ccc3c2cc1F. The van der Waals surface area contributed by atoms with Gasteiger partial charge in [-0.15, -0.1) is 0 Å². The lowest BCUT2D eigenvalue weighted by Gasteiger charge is -2.05. The summed E-state index contributed by atoms with van der Waals surface area (Å²) in [5, 5.41) is 1.52. The quantitative estimate of drug-likeness (QED) is 0.512. The molecule has 0 fully saturated rings. The summed E-state index contributed by atoms with van der Waals surface area (Å²) in [6, 6.07) is 12.1. The van der Waals surface area contributed by atoms with Gasteiger partial charge in [0.15, 0.2) is 11.6 Å². The van der Waals surface area contributed by atoms with Crippen LogP contribution in [0.3, 0.4) is 0 Å². The molecule has 0 saturated carbocycles. The van der Waals surface area contributed by atoms with Crippen LogP contribution in [0.1, 0.15) is 0 Å². The summed E-state index contributed by atoms with van der Waals surface area (Å²) in [6.45, 7) is 0. The molecule has 82 valence electrons. The van der Waals surface area contributed by atoms with E-state index in [4.69, 9.17) is 0 Å². The summed E-state index contributed by atoms with van der Waals surface area (Å²) < 4.78 is 39.9. The van der Waals surface area contributed by atoms with Crippen molar-refractivity contribution >= 4 is 21.5 Å². The topological polar surface area (TPSA) is 0 Å². The maximum absolute atomic E-state index is 13.7. The Bertz CT molecular complexity index is 732. The highest BCUT2D eigenvalue weighted by molar-refractivity contribution is 6.07. The van der Waals surface area contributed by atoms with Gasteiger partial charge in [-0.3, -0.25) is 0 Å². The molecule has 0 aliphatic heterocycles. The molecule has 0 bridgehead atoms. The predicted molar refractivity (Wildman–Crippen MR) is 59.0 cm³/mol. The second-order valence-electron chi connectivity index (χ2n) is 3.73. The summed E-state index contributed by atoms with van der Waals surface area (Å²) in [7, 11) is 0. The minimum absolute atomic E-state index is 0.0393. The molecule has 0 spiro atoms. The summed E-state index contributed by atoms with van der Waals surface area (Å²) in [5.41, 5.74) is 0. The lowest BCUT2D eigenvalue weighted by atomic mass is 10.0. The van der Waals surface area contributed by atoms with E-state index in [2.05, 4.69) is 12.1 Å². The first-order chi connectivity index (χ1) is 8.16. The summed E-state index contributed by atoms with van der Waals surface area (Å²) in [5.74, 6) is -2.82. The number of hydrogen-bond donors (Lipinski definition) is 0. The van der Waals surface area contributed by atoms with Gasteiger partial charge in [0.25, 0.3) is 0 Å². The molecule has 2 radical (unpaired) electrons. The van der Waals surface area contributed by atoms with Crippen molar-refractivity contribution < 1.29 is 13.2 Å². The Hall–Kier alpha value is -2.03. The van der Waals surface area contributed by atoms with E-state index in [1.54, 1.807) is 18.2 Å². The fraction of sp³-hybridized carbons (Fsp3) is 0. The minimum Gasteiger partial charge on any atom is -0.206 e. The molecule has 0 aliphatic rings. The third-order valence-corrected chi connectivity index (χ3v) is 2.69. The van der Waals surface area contributed by atoms with Gasteiger partial charge in [0, 0.05) is 11.5 Å². The monoisotopic (exact) mass is 230 g/mol. The van der Waals surface area contributed by atoms with Crippen LogP contribution in [0, 0.1) is 29.6 Å². The van der Waals surface area contributed by atoms with Gasteiger partial charge in [0.05, 0.1) is 0 Å². The third-order valence-electron chi connectivity index (χ3n) is 2.69. The van der Waals surface area contributed by atoms with Crippen molar-refractivity contribution in [2.24, 2.45) is 0 Å². The fourth-order valence-electron chi connectivity index (χ4n) is 1.92. The fourth-order valence-corrected chi connectivity index (χ4v) is 1.92. The van der Waals surface area contributed by atoms with Crippen LogP contribution in [-0.4, -0.2) is 0 Å². The Morgan fingerprint density at radius 3 is 2.59 bits per heavy atom. The molecule has 0 heterocycles. The maximum atomic E-state index is 13.7.